The van der Waals surface area contributed by atoms with Crippen molar-refractivity contribution in [3.63, 3.8) is 0 Å². The average molecular weight is 865 g/mol. The van der Waals surface area contributed by atoms with Gasteiger partial charge in [-0.3, -0.25) is 0 Å². The van der Waals surface area contributed by atoms with E-state index in [2.05, 4.69) is 18.6 Å². The van der Waals surface area contributed by atoms with Crippen molar-refractivity contribution in [2.45, 2.75) is 167 Å². The highest BCUT2D eigenvalue weighted by atomic mass is 19.3. The van der Waals surface area contributed by atoms with E-state index in [1.165, 1.54) is 109 Å². The number of rotatable bonds is 13. The monoisotopic (exact) mass is 864 g/mol. The first-order chi connectivity index (χ1) is 29.3. The van der Waals surface area contributed by atoms with Crippen molar-refractivity contribution in [3.05, 3.63) is 88.7 Å². The molecule has 338 valence electrons. The van der Waals surface area contributed by atoms with Gasteiger partial charge in [0.1, 0.15) is 11.6 Å². The van der Waals surface area contributed by atoms with Crippen LogP contribution >= 0.6 is 0 Å². The van der Waals surface area contributed by atoms with Gasteiger partial charge in [-0.2, -0.15) is 8.78 Å². The summed E-state index contributed by atoms with van der Waals surface area (Å²) in [5, 5.41) is 0. The van der Waals surface area contributed by atoms with Gasteiger partial charge >= 0.3 is 6.11 Å². The predicted molar refractivity (Wildman–Crippen MR) is 224 cm³/mol. The van der Waals surface area contributed by atoms with E-state index in [0.29, 0.717) is 42.7 Å². The van der Waals surface area contributed by atoms with Crippen molar-refractivity contribution in [3.8, 4) is 16.9 Å². The third kappa shape index (κ3) is 12.5. The highest BCUT2D eigenvalue weighted by Gasteiger charge is 2.45. The van der Waals surface area contributed by atoms with Crippen molar-refractivity contribution in [2.24, 2.45) is 41.4 Å². The summed E-state index contributed by atoms with van der Waals surface area (Å²) in [5.74, 6) is -6.22. The van der Waals surface area contributed by atoms with Crippen molar-refractivity contribution in [2.75, 3.05) is 0 Å². The first-order valence-corrected chi connectivity index (χ1v) is 23.4. The summed E-state index contributed by atoms with van der Waals surface area (Å²) in [5.41, 5.74) is 1.07. The lowest BCUT2D eigenvalue weighted by molar-refractivity contribution is -0.224. The van der Waals surface area contributed by atoms with E-state index in [4.69, 9.17) is 0 Å². The van der Waals surface area contributed by atoms with Crippen LogP contribution in [0.15, 0.2) is 42.5 Å². The van der Waals surface area contributed by atoms with Crippen LogP contribution in [-0.2, 0) is 0 Å². The van der Waals surface area contributed by atoms with E-state index in [0.717, 1.165) is 67.1 Å². The van der Waals surface area contributed by atoms with Crippen LogP contribution in [0.5, 0.6) is 5.75 Å². The fourth-order valence-electron chi connectivity index (χ4n) is 11.4. The number of benzene rings is 3. The summed E-state index contributed by atoms with van der Waals surface area (Å²) in [6, 6.07) is 7.55. The summed E-state index contributed by atoms with van der Waals surface area (Å²) in [7, 11) is 0. The molecule has 0 spiro atoms. The van der Waals surface area contributed by atoms with Crippen LogP contribution in [0.3, 0.4) is 0 Å². The molecule has 7 rings (SSSR count). The number of alkyl halides is 2. The Hall–Kier alpha value is -3.17. The molecule has 4 aliphatic carbocycles. The summed E-state index contributed by atoms with van der Waals surface area (Å²) >= 11 is 0. The summed E-state index contributed by atoms with van der Waals surface area (Å²) in [6.07, 6.45) is 21.4. The van der Waals surface area contributed by atoms with Crippen molar-refractivity contribution < 1.29 is 44.3 Å². The number of ether oxygens (including phenoxy) is 1. The molecule has 1 nitrogen and oxygen atoms in total. The molecule has 61 heavy (non-hydrogen) atoms. The van der Waals surface area contributed by atoms with Crippen LogP contribution in [-0.4, -0.2) is 6.11 Å². The zero-order valence-electron chi connectivity index (χ0n) is 36.0. The van der Waals surface area contributed by atoms with E-state index in [1.54, 1.807) is 6.07 Å². The van der Waals surface area contributed by atoms with Crippen LogP contribution in [0.25, 0.3) is 11.1 Å². The van der Waals surface area contributed by atoms with Gasteiger partial charge in [-0.05, 0) is 148 Å². The van der Waals surface area contributed by atoms with E-state index in [1.807, 2.05) is 6.07 Å². The van der Waals surface area contributed by atoms with Gasteiger partial charge in [-0.1, -0.05) is 90.2 Å². The summed E-state index contributed by atoms with van der Waals surface area (Å²) < 4.78 is 128. The Morgan fingerprint density at radius 3 is 1.43 bits per heavy atom. The predicted octanol–water partition coefficient (Wildman–Crippen LogP) is 17.1. The molecule has 0 aromatic heterocycles. The lowest BCUT2D eigenvalue weighted by atomic mass is 9.68. The smallest absolute Gasteiger partial charge is 0.400 e. The number of halogens is 9. The Bertz CT molecular complexity index is 1790. The third-order valence-electron chi connectivity index (χ3n) is 15.0. The molecule has 0 radical (unpaired) electrons. The molecule has 0 aliphatic heterocycles. The molecule has 4 aliphatic rings. The van der Waals surface area contributed by atoms with Crippen molar-refractivity contribution >= 4 is 0 Å². The molecule has 0 bridgehead atoms. The molecule has 0 heterocycles. The number of unbranched alkanes of at least 4 members (excludes halogenated alkanes) is 2. The van der Waals surface area contributed by atoms with Crippen molar-refractivity contribution in [1.82, 2.24) is 0 Å². The van der Waals surface area contributed by atoms with E-state index < -0.39 is 58.5 Å². The maximum atomic E-state index is 14.8. The van der Waals surface area contributed by atoms with Gasteiger partial charge in [0.2, 0.25) is 0 Å². The van der Waals surface area contributed by atoms with Gasteiger partial charge in [0, 0.05) is 17.7 Å². The second-order valence-electron chi connectivity index (χ2n) is 18.9. The van der Waals surface area contributed by atoms with Crippen LogP contribution in [0, 0.1) is 82.1 Å². The Morgan fingerprint density at radius 1 is 0.492 bits per heavy atom. The van der Waals surface area contributed by atoms with E-state index >= 15 is 0 Å². The quantitative estimate of drug-likeness (QED) is 0.0945. The largest absolute Gasteiger partial charge is 0.432 e. The van der Waals surface area contributed by atoms with Crippen LogP contribution in [0.2, 0.25) is 0 Å². The maximum absolute atomic E-state index is 14.8. The first-order valence-electron chi connectivity index (χ1n) is 23.4. The van der Waals surface area contributed by atoms with E-state index in [-0.39, 0.29) is 11.1 Å². The molecule has 0 saturated heterocycles. The standard InChI is InChI=1S/C27H32F4.C24H33F5O/c1-2-3-17-4-6-18(7-5-17)19-8-10-20(11-9-19)21-12-13-23(24(28)14-21)22-15-25(29)27(31)26(30)16-22;1-2-3-4-5-16-6-8-17(9-7-16)18-10-12-19(13-11-18)24(28,29)30-20-14-21(25)23(27)22(26)15-20/h12-20H,2-11H2,1H3;14-19H,2-13H2,1H3. The zero-order chi connectivity index (χ0) is 43.7. The maximum Gasteiger partial charge on any atom is 0.400 e. The Balaban J connectivity index is 0.000000204. The molecular formula is C51H65F9O. The van der Waals surface area contributed by atoms with Gasteiger partial charge in [0.05, 0.1) is 5.92 Å². The molecule has 0 atom stereocenters. The molecule has 0 amide bonds. The lowest BCUT2D eigenvalue weighted by Gasteiger charge is -2.39. The lowest BCUT2D eigenvalue weighted by Crippen LogP contribution is -2.38. The Kier molecular flexibility index (Phi) is 17.0. The fraction of sp³-hybridized carbons (Fsp3) is 0.647. The zero-order valence-corrected chi connectivity index (χ0v) is 36.0. The third-order valence-corrected chi connectivity index (χ3v) is 15.0. The van der Waals surface area contributed by atoms with Crippen LogP contribution in [0.4, 0.5) is 39.5 Å². The molecule has 0 N–H and O–H groups in total. The number of hydrogen-bond acceptors (Lipinski definition) is 1. The highest BCUT2D eigenvalue weighted by molar-refractivity contribution is 5.65. The average Bonchev–Trinajstić information content (AvgIpc) is 3.25. The summed E-state index contributed by atoms with van der Waals surface area (Å²) in [4.78, 5) is 0. The van der Waals surface area contributed by atoms with E-state index in [9.17, 15) is 39.5 Å². The van der Waals surface area contributed by atoms with Gasteiger partial charge in [-0.25, -0.2) is 30.7 Å². The molecular weight excluding hydrogens is 800 g/mol. The minimum Gasteiger partial charge on any atom is -0.432 e. The molecule has 3 aromatic rings. The Labute approximate surface area is 357 Å². The van der Waals surface area contributed by atoms with Gasteiger partial charge < -0.3 is 4.74 Å². The van der Waals surface area contributed by atoms with Gasteiger partial charge in [-0.15, -0.1) is 0 Å². The first kappa shape index (κ1) is 47.3. The fourth-order valence-corrected chi connectivity index (χ4v) is 11.4. The number of hydrogen-bond donors (Lipinski definition) is 0. The molecule has 3 aromatic carbocycles. The molecule has 4 fully saturated rings. The summed E-state index contributed by atoms with van der Waals surface area (Å²) in [6.45, 7) is 4.50. The second kappa shape index (κ2) is 22.0. The minimum absolute atomic E-state index is 0.0165. The minimum atomic E-state index is -3.53. The SMILES string of the molecule is CCCC1CCC(C2CCC(c3ccc(-c4cc(F)c(F)c(F)c4)c(F)c3)CC2)CC1.CCCCCC1CCC(C2CCC(C(F)(F)Oc3cc(F)c(F)c(F)c3)CC2)CC1. The normalized spacial score (nSPS) is 27.3. The van der Waals surface area contributed by atoms with Crippen LogP contribution in [0.1, 0.15) is 167 Å². The topological polar surface area (TPSA) is 9.23 Å². The molecule has 10 heteroatoms. The highest BCUT2D eigenvalue weighted by Crippen LogP contribution is 2.47. The molecule has 4 saturated carbocycles. The van der Waals surface area contributed by atoms with Gasteiger partial charge in [0.25, 0.3) is 0 Å². The molecule has 0 unspecified atom stereocenters. The Morgan fingerprint density at radius 2 is 0.951 bits per heavy atom. The second-order valence-corrected chi connectivity index (χ2v) is 18.9. The van der Waals surface area contributed by atoms with Crippen LogP contribution < -0.4 is 4.74 Å². The van der Waals surface area contributed by atoms with Gasteiger partial charge in [0.15, 0.2) is 34.9 Å². The van der Waals surface area contributed by atoms with Crippen molar-refractivity contribution in [1.29, 1.82) is 0 Å².